The van der Waals surface area contributed by atoms with Crippen LogP contribution in [0.15, 0.2) is 18.2 Å². The average Bonchev–Trinajstić information content (AvgIpc) is 2.75. The molecule has 2 unspecified atom stereocenters. The third-order valence-electron chi connectivity index (χ3n) is 3.69. The van der Waals surface area contributed by atoms with Gasteiger partial charge in [0, 0.05) is 18.9 Å². The van der Waals surface area contributed by atoms with E-state index in [1.165, 1.54) is 11.1 Å². The Kier molecular flexibility index (Phi) is 4.18. The fraction of sp³-hybridized carbons (Fsp3) is 0.562. The van der Waals surface area contributed by atoms with Gasteiger partial charge in [-0.15, -0.1) is 0 Å². The first-order valence-electron chi connectivity index (χ1n) is 6.81. The minimum absolute atomic E-state index is 0.107. The van der Waals surface area contributed by atoms with Gasteiger partial charge in [-0.25, -0.2) is 0 Å². The van der Waals surface area contributed by atoms with E-state index in [9.17, 15) is 4.79 Å². The van der Waals surface area contributed by atoms with Crippen LogP contribution in [0.25, 0.3) is 0 Å². The number of hydrogen-bond donors (Lipinski definition) is 0. The lowest BCUT2D eigenvalue weighted by atomic mass is 9.90. The van der Waals surface area contributed by atoms with Crippen LogP contribution in [0, 0.1) is 19.8 Å². The number of benzene rings is 1. The molecule has 2 nitrogen and oxygen atoms in total. The molecule has 0 amide bonds. The average molecular weight is 246 g/mol. The quantitative estimate of drug-likeness (QED) is 0.815. The highest BCUT2D eigenvalue weighted by Crippen LogP contribution is 2.25. The zero-order chi connectivity index (χ0) is 13.1. The van der Waals surface area contributed by atoms with E-state index in [0.717, 1.165) is 25.0 Å². The number of ether oxygens (including phenoxy) is 1. The maximum atomic E-state index is 12.3. The molecule has 1 aromatic rings. The number of carbonyl (C=O) groups excluding carboxylic acids is 1. The van der Waals surface area contributed by atoms with Crippen LogP contribution in [0.4, 0.5) is 0 Å². The van der Waals surface area contributed by atoms with Crippen molar-refractivity contribution in [3.63, 3.8) is 0 Å². The van der Waals surface area contributed by atoms with E-state index in [0.29, 0.717) is 12.2 Å². The lowest BCUT2D eigenvalue weighted by Gasteiger charge is -2.15. The van der Waals surface area contributed by atoms with E-state index in [4.69, 9.17) is 4.74 Å². The van der Waals surface area contributed by atoms with Crippen LogP contribution in [0.1, 0.15) is 36.5 Å². The van der Waals surface area contributed by atoms with E-state index in [1.807, 2.05) is 0 Å². The molecule has 2 heteroatoms. The molecule has 0 radical (unpaired) electrons. The molecule has 0 spiro atoms. The summed E-state index contributed by atoms with van der Waals surface area (Å²) in [6.07, 6.45) is 2.52. The van der Waals surface area contributed by atoms with Gasteiger partial charge in [-0.3, -0.25) is 4.79 Å². The van der Waals surface area contributed by atoms with Crippen molar-refractivity contribution >= 4 is 5.78 Å². The largest absolute Gasteiger partial charge is 0.377 e. The van der Waals surface area contributed by atoms with Gasteiger partial charge < -0.3 is 4.74 Å². The summed E-state index contributed by atoms with van der Waals surface area (Å²) in [7, 11) is 0. The van der Waals surface area contributed by atoms with Crippen molar-refractivity contribution < 1.29 is 9.53 Å². The van der Waals surface area contributed by atoms with Crippen molar-refractivity contribution in [3.05, 3.63) is 34.9 Å². The maximum absolute atomic E-state index is 12.3. The molecule has 0 aliphatic carbocycles. The normalized spacial score (nSPS) is 23.3. The summed E-state index contributed by atoms with van der Waals surface area (Å²) in [4.78, 5) is 12.3. The van der Waals surface area contributed by atoms with Crippen LogP contribution in [0.2, 0.25) is 0 Å². The minimum Gasteiger partial charge on any atom is -0.377 e. The Morgan fingerprint density at radius 2 is 1.94 bits per heavy atom. The highest BCUT2D eigenvalue weighted by atomic mass is 16.5. The van der Waals surface area contributed by atoms with Crippen molar-refractivity contribution in [2.24, 2.45) is 5.92 Å². The van der Waals surface area contributed by atoms with Gasteiger partial charge in [-0.05, 0) is 32.3 Å². The first-order valence-corrected chi connectivity index (χ1v) is 6.81. The van der Waals surface area contributed by atoms with Crippen LogP contribution in [-0.2, 0) is 16.0 Å². The summed E-state index contributed by atoms with van der Waals surface area (Å²) >= 11 is 0. The highest BCUT2D eigenvalue weighted by Gasteiger charge is 2.32. The molecule has 1 aromatic carbocycles. The Labute approximate surface area is 109 Å². The van der Waals surface area contributed by atoms with Crippen molar-refractivity contribution in [1.29, 1.82) is 0 Å². The molecule has 1 aliphatic rings. The summed E-state index contributed by atoms with van der Waals surface area (Å²) in [6.45, 7) is 6.98. The third-order valence-corrected chi connectivity index (χ3v) is 3.69. The molecule has 98 valence electrons. The van der Waals surface area contributed by atoms with Gasteiger partial charge in [0.1, 0.15) is 5.78 Å². The molecule has 1 saturated heterocycles. The lowest BCUT2D eigenvalue weighted by molar-refractivity contribution is -0.123. The van der Waals surface area contributed by atoms with Gasteiger partial charge in [0.2, 0.25) is 0 Å². The van der Waals surface area contributed by atoms with Gasteiger partial charge in [-0.2, -0.15) is 0 Å². The second-order valence-electron chi connectivity index (χ2n) is 5.35. The van der Waals surface area contributed by atoms with E-state index < -0.39 is 0 Å². The van der Waals surface area contributed by atoms with Crippen molar-refractivity contribution in [1.82, 2.24) is 0 Å². The molecule has 2 rings (SSSR count). The Morgan fingerprint density at radius 1 is 1.28 bits per heavy atom. The molecular formula is C16H22O2. The number of aryl methyl sites for hydroxylation is 2. The van der Waals surface area contributed by atoms with Crippen molar-refractivity contribution in [2.75, 3.05) is 6.61 Å². The van der Waals surface area contributed by atoms with Gasteiger partial charge in [-0.1, -0.05) is 36.2 Å². The summed E-state index contributed by atoms with van der Waals surface area (Å²) in [5, 5.41) is 0. The fourth-order valence-electron chi connectivity index (χ4n) is 2.92. The van der Waals surface area contributed by atoms with Gasteiger partial charge in [0.15, 0.2) is 0 Å². The molecule has 1 aliphatic heterocycles. The monoisotopic (exact) mass is 246 g/mol. The van der Waals surface area contributed by atoms with E-state index in [1.54, 1.807) is 0 Å². The predicted molar refractivity (Wildman–Crippen MR) is 72.8 cm³/mol. The molecule has 0 bridgehead atoms. The van der Waals surface area contributed by atoms with Gasteiger partial charge in [0.25, 0.3) is 0 Å². The summed E-state index contributed by atoms with van der Waals surface area (Å²) in [5.41, 5.74) is 3.60. The Hall–Kier alpha value is -1.15. The minimum atomic E-state index is 0.107. The van der Waals surface area contributed by atoms with E-state index in [-0.39, 0.29) is 12.0 Å². The first kappa shape index (κ1) is 13.3. The Balaban J connectivity index is 2.06. The van der Waals surface area contributed by atoms with Crippen molar-refractivity contribution in [3.8, 4) is 0 Å². The molecule has 2 atom stereocenters. The van der Waals surface area contributed by atoms with E-state index in [2.05, 4.69) is 39.0 Å². The number of carbonyl (C=O) groups is 1. The number of hydrogen-bond acceptors (Lipinski definition) is 2. The molecule has 18 heavy (non-hydrogen) atoms. The zero-order valence-electron chi connectivity index (χ0n) is 11.5. The molecule has 0 aromatic heterocycles. The highest BCUT2D eigenvalue weighted by molar-refractivity contribution is 5.84. The third kappa shape index (κ3) is 2.99. The van der Waals surface area contributed by atoms with Crippen LogP contribution in [0.5, 0.6) is 0 Å². The van der Waals surface area contributed by atoms with Crippen molar-refractivity contribution in [2.45, 2.75) is 46.1 Å². The summed E-state index contributed by atoms with van der Waals surface area (Å²) in [5.74, 6) is 0.445. The Bertz CT molecular complexity index is 416. The zero-order valence-corrected chi connectivity index (χ0v) is 11.5. The topological polar surface area (TPSA) is 26.3 Å². The lowest BCUT2D eigenvalue weighted by Crippen LogP contribution is -2.25. The smallest absolute Gasteiger partial charge is 0.143 e. The fourth-order valence-corrected chi connectivity index (χ4v) is 2.92. The molecule has 0 saturated carbocycles. The van der Waals surface area contributed by atoms with Gasteiger partial charge >= 0.3 is 0 Å². The standard InChI is InChI=1S/C16H22O2/c1-4-16-14(5-6-18-16)15(17)10-13-8-11(2)7-12(3)9-13/h7-9,14,16H,4-6,10H2,1-3H3. The SMILES string of the molecule is CCC1OCCC1C(=O)Cc1cc(C)cc(C)c1. The maximum Gasteiger partial charge on any atom is 0.143 e. The van der Waals surface area contributed by atoms with E-state index >= 15 is 0 Å². The van der Waals surface area contributed by atoms with Crippen LogP contribution in [0.3, 0.4) is 0 Å². The molecule has 0 N–H and O–H groups in total. The van der Waals surface area contributed by atoms with Gasteiger partial charge in [0.05, 0.1) is 6.10 Å². The summed E-state index contributed by atoms with van der Waals surface area (Å²) < 4.78 is 5.60. The van der Waals surface area contributed by atoms with Crippen LogP contribution >= 0.6 is 0 Å². The van der Waals surface area contributed by atoms with Crippen LogP contribution in [-0.4, -0.2) is 18.5 Å². The summed E-state index contributed by atoms with van der Waals surface area (Å²) in [6, 6.07) is 6.37. The van der Waals surface area contributed by atoms with Crippen LogP contribution < -0.4 is 0 Å². The first-order chi connectivity index (χ1) is 8.60. The molecule has 1 fully saturated rings. The number of Topliss-reactive ketones (excluding diaryl/α,β-unsaturated/α-hetero) is 1. The second-order valence-corrected chi connectivity index (χ2v) is 5.35. The molecule has 1 heterocycles. The molecular weight excluding hydrogens is 224 g/mol. The number of ketones is 1. The second kappa shape index (κ2) is 5.66. The predicted octanol–water partition coefficient (Wildman–Crippen LogP) is 3.23. The Morgan fingerprint density at radius 3 is 2.56 bits per heavy atom. The number of rotatable bonds is 4.